The van der Waals surface area contributed by atoms with Crippen LogP contribution in [0.4, 0.5) is 10.5 Å². The largest absolute Gasteiger partial charge is 0.444 e. The molecule has 1 saturated carbocycles. The van der Waals surface area contributed by atoms with Crippen molar-refractivity contribution in [1.82, 2.24) is 10.2 Å². The smallest absolute Gasteiger partial charge is 0.408 e. The molecule has 3 amide bonds. The van der Waals surface area contributed by atoms with Gasteiger partial charge in [-0.3, -0.25) is 9.59 Å². The van der Waals surface area contributed by atoms with E-state index in [0.717, 1.165) is 28.7 Å². The lowest BCUT2D eigenvalue weighted by molar-refractivity contribution is -0.142. The monoisotopic (exact) mass is 535 g/mol. The minimum absolute atomic E-state index is 0.112. The molecule has 0 aromatic heterocycles. The van der Waals surface area contributed by atoms with Gasteiger partial charge < -0.3 is 20.3 Å². The van der Waals surface area contributed by atoms with Crippen LogP contribution in [0, 0.1) is 32.6 Å². The molecule has 0 saturated heterocycles. The number of ether oxygens (including phenoxy) is 1. The SMILES string of the molecule is Cc1ccccc1NC(=O)C(c1c(C)cccc1C)N(C(=O)C(CC(C)C)NC(=O)OC(C)(C)C)C1CC1C. The van der Waals surface area contributed by atoms with Crippen LogP contribution in [0.2, 0.25) is 0 Å². The van der Waals surface area contributed by atoms with E-state index in [4.69, 9.17) is 4.74 Å². The number of carbonyl (C=O) groups is 3. The summed E-state index contributed by atoms with van der Waals surface area (Å²) in [6, 6.07) is 11.7. The first kappa shape index (κ1) is 30.2. The molecule has 0 bridgehead atoms. The number of amides is 3. The first-order chi connectivity index (χ1) is 18.2. The van der Waals surface area contributed by atoms with Gasteiger partial charge in [0.2, 0.25) is 5.91 Å². The number of carbonyl (C=O) groups excluding carboxylic acids is 3. The Hall–Kier alpha value is -3.35. The Morgan fingerprint density at radius 1 is 0.974 bits per heavy atom. The molecule has 0 radical (unpaired) electrons. The summed E-state index contributed by atoms with van der Waals surface area (Å²) in [6.45, 7) is 17.4. The Balaban J connectivity index is 2.09. The van der Waals surface area contributed by atoms with E-state index in [1.54, 1.807) is 25.7 Å². The highest BCUT2D eigenvalue weighted by molar-refractivity contribution is 6.00. The van der Waals surface area contributed by atoms with E-state index in [1.807, 2.05) is 77.1 Å². The number of rotatable bonds is 9. The molecular weight excluding hydrogens is 490 g/mol. The van der Waals surface area contributed by atoms with E-state index in [9.17, 15) is 14.4 Å². The molecule has 4 atom stereocenters. The van der Waals surface area contributed by atoms with Crippen LogP contribution in [0.25, 0.3) is 0 Å². The molecule has 2 aromatic carbocycles. The lowest BCUT2D eigenvalue weighted by Gasteiger charge is -2.36. The van der Waals surface area contributed by atoms with E-state index in [2.05, 4.69) is 17.6 Å². The fraction of sp³-hybridized carbons (Fsp3) is 0.531. The number of hydrogen-bond acceptors (Lipinski definition) is 4. The van der Waals surface area contributed by atoms with Gasteiger partial charge in [0.25, 0.3) is 5.91 Å². The first-order valence-electron chi connectivity index (χ1n) is 13.9. The number of hydrogen-bond donors (Lipinski definition) is 2. The minimum atomic E-state index is -0.858. The van der Waals surface area contributed by atoms with E-state index in [0.29, 0.717) is 12.1 Å². The minimum Gasteiger partial charge on any atom is -0.444 e. The zero-order valence-electron chi connectivity index (χ0n) is 24.9. The second-order valence-electron chi connectivity index (χ2n) is 12.4. The Morgan fingerprint density at radius 2 is 1.54 bits per heavy atom. The fourth-order valence-electron chi connectivity index (χ4n) is 5.06. The van der Waals surface area contributed by atoms with E-state index in [-0.39, 0.29) is 29.7 Å². The highest BCUT2D eigenvalue weighted by Gasteiger charge is 2.49. The molecular formula is C32H45N3O4. The Morgan fingerprint density at radius 3 is 2.05 bits per heavy atom. The third-order valence-electron chi connectivity index (χ3n) is 7.12. The molecule has 2 N–H and O–H groups in total. The lowest BCUT2D eigenvalue weighted by Crippen LogP contribution is -2.54. The van der Waals surface area contributed by atoms with Gasteiger partial charge in [-0.2, -0.15) is 0 Å². The summed E-state index contributed by atoms with van der Waals surface area (Å²) < 4.78 is 5.50. The second-order valence-corrected chi connectivity index (χ2v) is 12.4. The molecule has 7 heteroatoms. The number of alkyl carbamates (subject to hydrolysis) is 1. The predicted octanol–water partition coefficient (Wildman–Crippen LogP) is 6.47. The Bertz CT molecular complexity index is 1180. The Labute approximate surface area is 233 Å². The molecule has 0 heterocycles. The van der Waals surface area contributed by atoms with Crippen LogP contribution in [0.3, 0.4) is 0 Å². The summed E-state index contributed by atoms with van der Waals surface area (Å²) in [5, 5.41) is 5.93. The van der Waals surface area contributed by atoms with Gasteiger partial charge in [-0.1, -0.05) is 57.2 Å². The normalized spacial score (nSPS) is 18.2. The zero-order chi connectivity index (χ0) is 29.1. The van der Waals surface area contributed by atoms with Crippen LogP contribution in [-0.2, 0) is 14.3 Å². The van der Waals surface area contributed by atoms with Gasteiger partial charge in [0.15, 0.2) is 0 Å². The lowest BCUT2D eigenvalue weighted by atomic mass is 9.92. The number of benzene rings is 2. The fourth-order valence-corrected chi connectivity index (χ4v) is 5.06. The Kier molecular flexibility index (Phi) is 9.47. The van der Waals surface area contributed by atoms with Crippen molar-refractivity contribution in [3.05, 3.63) is 64.7 Å². The van der Waals surface area contributed by atoms with Gasteiger partial charge >= 0.3 is 6.09 Å². The summed E-state index contributed by atoms with van der Waals surface area (Å²) in [7, 11) is 0. The van der Waals surface area contributed by atoms with Gasteiger partial charge in [0.05, 0.1) is 0 Å². The van der Waals surface area contributed by atoms with Crippen LogP contribution in [0.15, 0.2) is 42.5 Å². The molecule has 212 valence electrons. The maximum atomic E-state index is 14.4. The number of anilines is 1. The van der Waals surface area contributed by atoms with E-state index >= 15 is 0 Å². The van der Waals surface area contributed by atoms with Crippen molar-refractivity contribution in [2.24, 2.45) is 11.8 Å². The molecule has 2 aromatic rings. The highest BCUT2D eigenvalue weighted by Crippen LogP contribution is 2.42. The van der Waals surface area contributed by atoms with Crippen LogP contribution in [0.1, 0.15) is 82.7 Å². The van der Waals surface area contributed by atoms with Crippen molar-refractivity contribution in [3.63, 3.8) is 0 Å². The summed E-state index contributed by atoms with van der Waals surface area (Å²) in [5.74, 6) is -0.161. The third-order valence-corrected chi connectivity index (χ3v) is 7.12. The number of nitrogens with zero attached hydrogens (tertiary/aromatic N) is 1. The summed E-state index contributed by atoms with van der Waals surface area (Å²) in [6.07, 6.45) is 0.582. The maximum absolute atomic E-state index is 14.4. The molecule has 0 aliphatic heterocycles. The van der Waals surface area contributed by atoms with Gasteiger partial charge in [0.1, 0.15) is 17.7 Å². The summed E-state index contributed by atoms with van der Waals surface area (Å²) in [5.41, 5.74) is 3.64. The van der Waals surface area contributed by atoms with Crippen LogP contribution >= 0.6 is 0 Å². The summed E-state index contributed by atoms with van der Waals surface area (Å²) >= 11 is 0. The number of nitrogens with one attached hydrogen (secondary N) is 2. The van der Waals surface area contributed by atoms with Crippen molar-refractivity contribution < 1.29 is 19.1 Å². The van der Waals surface area contributed by atoms with Crippen molar-refractivity contribution in [3.8, 4) is 0 Å². The average molecular weight is 536 g/mol. The van der Waals surface area contributed by atoms with Crippen molar-refractivity contribution in [2.45, 2.75) is 98.9 Å². The molecule has 7 nitrogen and oxygen atoms in total. The van der Waals surface area contributed by atoms with E-state index < -0.39 is 23.8 Å². The molecule has 1 aliphatic rings. The van der Waals surface area contributed by atoms with Crippen molar-refractivity contribution in [1.29, 1.82) is 0 Å². The average Bonchev–Trinajstić information content (AvgIpc) is 3.53. The van der Waals surface area contributed by atoms with Crippen LogP contribution in [0.5, 0.6) is 0 Å². The molecule has 1 aliphatic carbocycles. The standard InChI is InChI=1S/C32H45N3O4/c1-19(2)17-25(34-31(38)39-32(7,8)9)30(37)35(26-18-23(26)6)28(27-21(4)14-12-15-22(27)5)29(36)33-24-16-11-10-13-20(24)3/h10-16,19,23,25-26,28H,17-18H2,1-9H3,(H,33,36)(H,34,38). The predicted molar refractivity (Wildman–Crippen MR) is 155 cm³/mol. The van der Waals surface area contributed by atoms with Crippen molar-refractivity contribution >= 4 is 23.6 Å². The van der Waals surface area contributed by atoms with Crippen LogP contribution < -0.4 is 10.6 Å². The van der Waals surface area contributed by atoms with Crippen LogP contribution in [-0.4, -0.2) is 40.5 Å². The third kappa shape index (κ3) is 7.84. The van der Waals surface area contributed by atoms with Gasteiger partial charge in [-0.25, -0.2) is 4.79 Å². The molecule has 39 heavy (non-hydrogen) atoms. The van der Waals surface area contributed by atoms with Crippen molar-refractivity contribution in [2.75, 3.05) is 5.32 Å². The highest BCUT2D eigenvalue weighted by atomic mass is 16.6. The van der Waals surface area contributed by atoms with E-state index in [1.165, 1.54) is 0 Å². The first-order valence-corrected chi connectivity index (χ1v) is 13.9. The second kappa shape index (κ2) is 12.2. The number of para-hydroxylation sites is 1. The molecule has 1 fully saturated rings. The molecule has 0 spiro atoms. The maximum Gasteiger partial charge on any atom is 0.408 e. The number of aryl methyl sites for hydroxylation is 3. The van der Waals surface area contributed by atoms with Gasteiger partial charge in [-0.15, -0.1) is 0 Å². The topological polar surface area (TPSA) is 87.7 Å². The molecule has 4 unspecified atom stereocenters. The quantitative estimate of drug-likeness (QED) is 0.385. The molecule has 3 rings (SSSR count). The van der Waals surface area contributed by atoms with Gasteiger partial charge in [0, 0.05) is 11.7 Å². The van der Waals surface area contributed by atoms with Gasteiger partial charge in [-0.05, 0) is 94.5 Å². The summed E-state index contributed by atoms with van der Waals surface area (Å²) in [4.78, 5) is 43.2. The zero-order valence-corrected chi connectivity index (χ0v) is 24.9.